The van der Waals surface area contributed by atoms with Crippen molar-refractivity contribution in [3.63, 3.8) is 0 Å². The Balaban J connectivity index is 2.40. The van der Waals surface area contributed by atoms with E-state index in [1.807, 2.05) is 0 Å². The van der Waals surface area contributed by atoms with Crippen LogP contribution in [0.5, 0.6) is 0 Å². The minimum atomic E-state index is -3.94. The Kier molecular flexibility index (Phi) is 3.86. The molecule has 0 aliphatic carbocycles. The summed E-state index contributed by atoms with van der Waals surface area (Å²) in [5.41, 5.74) is -0.127. The van der Waals surface area contributed by atoms with Crippen molar-refractivity contribution in [3.8, 4) is 0 Å². The number of carboxylic acids is 1. The molecule has 0 fully saturated rings. The van der Waals surface area contributed by atoms with Gasteiger partial charge < -0.3 is 5.11 Å². The Morgan fingerprint density at radius 2 is 1.90 bits per heavy atom. The van der Waals surface area contributed by atoms with Crippen LogP contribution in [0.3, 0.4) is 0 Å². The summed E-state index contributed by atoms with van der Waals surface area (Å²) < 4.78 is 26.4. The number of hydrogen-bond acceptors (Lipinski definition) is 5. The average molecular weight is 314 g/mol. The summed E-state index contributed by atoms with van der Waals surface area (Å²) in [6.45, 7) is 0. The number of anilines is 1. The highest BCUT2D eigenvalue weighted by Gasteiger charge is 2.18. The number of nitrogens with one attached hydrogen (secondary N) is 1. The average Bonchev–Trinajstić information content (AvgIpc) is 2.39. The van der Waals surface area contributed by atoms with Crippen LogP contribution in [0.25, 0.3) is 0 Å². The largest absolute Gasteiger partial charge is 0.478 e. The van der Waals surface area contributed by atoms with Gasteiger partial charge in [0.1, 0.15) is 6.33 Å². The Morgan fingerprint density at radius 1 is 1.25 bits per heavy atom. The number of rotatable bonds is 4. The number of aromatic carboxylic acids is 1. The summed E-state index contributed by atoms with van der Waals surface area (Å²) in [5, 5.41) is 8.88. The van der Waals surface area contributed by atoms with Crippen molar-refractivity contribution in [3.05, 3.63) is 47.5 Å². The highest BCUT2D eigenvalue weighted by Crippen LogP contribution is 2.22. The first kappa shape index (κ1) is 14.2. The highest BCUT2D eigenvalue weighted by molar-refractivity contribution is 7.92. The van der Waals surface area contributed by atoms with Gasteiger partial charge in [0.2, 0.25) is 0 Å². The molecule has 0 radical (unpaired) electrons. The maximum atomic E-state index is 12.1. The monoisotopic (exact) mass is 313 g/mol. The van der Waals surface area contributed by atoms with Crippen LogP contribution in [-0.2, 0) is 10.0 Å². The van der Waals surface area contributed by atoms with Gasteiger partial charge in [-0.1, -0.05) is 11.6 Å². The molecule has 2 rings (SSSR count). The standard InChI is InChI=1S/C11H8ClN3O4S/c12-10-2-1-8(3-9(10)11(16)17)20(18,19)15-7-4-13-6-14-5-7/h1-6,15H,(H,16,17). The molecule has 0 spiro atoms. The Morgan fingerprint density at radius 3 is 2.50 bits per heavy atom. The molecule has 1 aromatic heterocycles. The molecule has 0 bridgehead atoms. The second kappa shape index (κ2) is 5.43. The molecule has 2 N–H and O–H groups in total. The Hall–Kier alpha value is -2.19. The summed E-state index contributed by atoms with van der Waals surface area (Å²) in [5.74, 6) is -1.31. The van der Waals surface area contributed by atoms with Crippen LogP contribution < -0.4 is 4.72 Å². The smallest absolute Gasteiger partial charge is 0.337 e. The molecule has 9 heteroatoms. The molecule has 0 amide bonds. The summed E-state index contributed by atoms with van der Waals surface area (Å²) in [4.78, 5) is 18.1. The van der Waals surface area contributed by atoms with Crippen molar-refractivity contribution >= 4 is 33.3 Å². The van der Waals surface area contributed by atoms with Crippen molar-refractivity contribution in [2.24, 2.45) is 0 Å². The maximum Gasteiger partial charge on any atom is 0.337 e. The van der Waals surface area contributed by atoms with E-state index in [1.165, 1.54) is 30.9 Å². The van der Waals surface area contributed by atoms with Gasteiger partial charge in [-0.15, -0.1) is 0 Å². The first-order valence-electron chi connectivity index (χ1n) is 5.21. The van der Waals surface area contributed by atoms with Gasteiger partial charge in [-0.25, -0.2) is 23.2 Å². The summed E-state index contributed by atoms with van der Waals surface area (Å²) in [6, 6.07) is 3.40. The molecule has 0 atom stereocenters. The SMILES string of the molecule is O=C(O)c1cc(S(=O)(=O)Nc2cncnc2)ccc1Cl. The lowest BCUT2D eigenvalue weighted by molar-refractivity contribution is 0.0697. The number of carbonyl (C=O) groups is 1. The van der Waals surface area contributed by atoms with E-state index >= 15 is 0 Å². The molecule has 7 nitrogen and oxygen atoms in total. The molecule has 0 aliphatic heterocycles. The summed E-state index contributed by atoms with van der Waals surface area (Å²) in [7, 11) is -3.94. The number of nitrogens with zero attached hydrogens (tertiary/aromatic N) is 2. The van der Waals surface area contributed by atoms with Crippen LogP contribution in [0.15, 0.2) is 41.8 Å². The van der Waals surface area contributed by atoms with E-state index in [0.717, 1.165) is 6.07 Å². The lowest BCUT2D eigenvalue weighted by Gasteiger charge is -2.08. The summed E-state index contributed by atoms with van der Waals surface area (Å²) in [6.07, 6.45) is 3.81. The summed E-state index contributed by atoms with van der Waals surface area (Å²) >= 11 is 5.69. The fraction of sp³-hybridized carbons (Fsp3) is 0. The van der Waals surface area contributed by atoms with Gasteiger partial charge in [0.15, 0.2) is 0 Å². The molecule has 2 aromatic rings. The van der Waals surface area contributed by atoms with E-state index in [2.05, 4.69) is 14.7 Å². The molecular weight excluding hydrogens is 306 g/mol. The molecule has 104 valence electrons. The fourth-order valence-corrected chi connectivity index (χ4v) is 2.65. The first-order valence-corrected chi connectivity index (χ1v) is 7.07. The topological polar surface area (TPSA) is 109 Å². The molecule has 1 heterocycles. The van der Waals surface area contributed by atoms with Crippen molar-refractivity contribution in [1.82, 2.24) is 9.97 Å². The van der Waals surface area contributed by atoms with Crippen molar-refractivity contribution in [2.45, 2.75) is 4.90 Å². The van der Waals surface area contributed by atoms with E-state index in [0.29, 0.717) is 0 Å². The van der Waals surface area contributed by atoms with Crippen LogP contribution in [-0.4, -0.2) is 29.5 Å². The van der Waals surface area contributed by atoms with Gasteiger partial charge in [-0.2, -0.15) is 0 Å². The van der Waals surface area contributed by atoms with Crippen LogP contribution in [0.1, 0.15) is 10.4 Å². The van der Waals surface area contributed by atoms with E-state index in [4.69, 9.17) is 16.7 Å². The molecule has 0 saturated heterocycles. The van der Waals surface area contributed by atoms with Gasteiger partial charge in [0.25, 0.3) is 10.0 Å². The van der Waals surface area contributed by atoms with Crippen molar-refractivity contribution in [1.29, 1.82) is 0 Å². The van der Waals surface area contributed by atoms with E-state index in [9.17, 15) is 13.2 Å². The van der Waals surface area contributed by atoms with Gasteiger partial charge in [-0.3, -0.25) is 4.72 Å². The zero-order valence-corrected chi connectivity index (χ0v) is 11.4. The molecule has 0 aliphatic rings. The third-order valence-corrected chi connectivity index (χ3v) is 4.00. The lowest BCUT2D eigenvalue weighted by Crippen LogP contribution is -2.14. The quantitative estimate of drug-likeness (QED) is 0.887. The number of benzene rings is 1. The zero-order valence-electron chi connectivity index (χ0n) is 9.82. The first-order chi connectivity index (χ1) is 9.40. The molecule has 20 heavy (non-hydrogen) atoms. The number of aromatic nitrogens is 2. The third-order valence-electron chi connectivity index (χ3n) is 2.29. The number of hydrogen-bond donors (Lipinski definition) is 2. The number of carboxylic acid groups (broad SMARTS) is 1. The molecule has 0 unspecified atom stereocenters. The lowest BCUT2D eigenvalue weighted by atomic mass is 10.2. The molecule has 0 saturated carbocycles. The highest BCUT2D eigenvalue weighted by atomic mass is 35.5. The van der Waals surface area contributed by atoms with E-state index in [-0.39, 0.29) is 21.2 Å². The third kappa shape index (κ3) is 3.03. The maximum absolute atomic E-state index is 12.1. The molecular formula is C11H8ClN3O4S. The van der Waals surface area contributed by atoms with E-state index in [1.54, 1.807) is 0 Å². The van der Waals surface area contributed by atoms with Gasteiger partial charge >= 0.3 is 5.97 Å². The minimum Gasteiger partial charge on any atom is -0.478 e. The normalized spacial score (nSPS) is 11.1. The van der Waals surface area contributed by atoms with Crippen LogP contribution in [0.4, 0.5) is 5.69 Å². The minimum absolute atomic E-state index is 0.0421. The molecule has 1 aromatic carbocycles. The number of halogens is 1. The number of sulfonamides is 1. The van der Waals surface area contributed by atoms with Crippen molar-refractivity contribution in [2.75, 3.05) is 4.72 Å². The fourth-order valence-electron chi connectivity index (χ4n) is 1.40. The predicted molar refractivity (Wildman–Crippen MR) is 71.3 cm³/mol. The second-order valence-corrected chi connectivity index (χ2v) is 5.77. The van der Waals surface area contributed by atoms with Crippen LogP contribution in [0, 0.1) is 0 Å². The van der Waals surface area contributed by atoms with E-state index < -0.39 is 16.0 Å². The predicted octanol–water partition coefficient (Wildman–Crippen LogP) is 1.63. The zero-order chi connectivity index (χ0) is 14.8. The van der Waals surface area contributed by atoms with Gasteiger partial charge in [0, 0.05) is 0 Å². The van der Waals surface area contributed by atoms with Crippen LogP contribution in [0.2, 0.25) is 5.02 Å². The van der Waals surface area contributed by atoms with Gasteiger partial charge in [0.05, 0.1) is 33.6 Å². The van der Waals surface area contributed by atoms with Crippen molar-refractivity contribution < 1.29 is 18.3 Å². The van der Waals surface area contributed by atoms with Gasteiger partial charge in [-0.05, 0) is 18.2 Å². The second-order valence-electron chi connectivity index (χ2n) is 3.68. The Bertz CT molecular complexity index is 750. The van der Waals surface area contributed by atoms with Crippen LogP contribution >= 0.6 is 11.6 Å². The Labute approximate surface area is 119 Å².